The molecule has 1 atom stereocenters. The van der Waals surface area contributed by atoms with Crippen molar-refractivity contribution in [2.45, 2.75) is 26.3 Å². The summed E-state index contributed by atoms with van der Waals surface area (Å²) in [5.74, 6) is -0.0269. The summed E-state index contributed by atoms with van der Waals surface area (Å²) in [4.78, 5) is 11.1. The van der Waals surface area contributed by atoms with Crippen LogP contribution in [0.25, 0.3) is 0 Å². The number of sulfone groups is 1. The Morgan fingerprint density at radius 2 is 2.00 bits per heavy atom. The third-order valence-electron chi connectivity index (χ3n) is 1.75. The van der Waals surface area contributed by atoms with E-state index in [1.165, 1.54) is 0 Å². The molecule has 0 spiro atoms. The molecule has 0 rings (SSSR count). The van der Waals surface area contributed by atoms with Gasteiger partial charge in [0.1, 0.15) is 9.84 Å². The van der Waals surface area contributed by atoms with Crippen LogP contribution in [0.2, 0.25) is 0 Å². The van der Waals surface area contributed by atoms with E-state index in [0.29, 0.717) is 0 Å². The third-order valence-corrected chi connectivity index (χ3v) is 2.69. The van der Waals surface area contributed by atoms with Crippen LogP contribution in [0, 0.1) is 0 Å². The van der Waals surface area contributed by atoms with Gasteiger partial charge in [0.15, 0.2) is 0 Å². The van der Waals surface area contributed by atoms with Crippen molar-refractivity contribution in [2.24, 2.45) is 0 Å². The van der Waals surface area contributed by atoms with Crippen molar-refractivity contribution >= 4 is 15.9 Å². The maximum absolute atomic E-state index is 11.1. The van der Waals surface area contributed by atoms with Crippen LogP contribution in [0.1, 0.15) is 20.3 Å². The number of amides is 2. The minimum Gasteiger partial charge on any atom is -0.337 e. The molecule has 5 nitrogen and oxygen atoms in total. The molecule has 0 heterocycles. The lowest BCUT2D eigenvalue weighted by atomic mass is 10.3. The SMILES string of the molecule is CC[C@H](C)NC(=O)NCCS(C)(=O)=O. The van der Waals surface area contributed by atoms with Gasteiger partial charge in [0.25, 0.3) is 0 Å². The van der Waals surface area contributed by atoms with Crippen LogP contribution in [-0.4, -0.2) is 39.0 Å². The van der Waals surface area contributed by atoms with Gasteiger partial charge < -0.3 is 10.6 Å². The first kappa shape index (κ1) is 13.2. The fourth-order valence-corrected chi connectivity index (χ4v) is 1.20. The summed E-state index contributed by atoms with van der Waals surface area (Å²) in [7, 11) is -3.00. The minimum atomic E-state index is -3.00. The largest absolute Gasteiger partial charge is 0.337 e. The van der Waals surface area contributed by atoms with Crippen LogP contribution < -0.4 is 10.6 Å². The molecule has 2 N–H and O–H groups in total. The van der Waals surface area contributed by atoms with Gasteiger partial charge in [-0.3, -0.25) is 0 Å². The molecule has 0 saturated carbocycles. The fourth-order valence-electron chi connectivity index (χ4n) is 0.727. The average molecular weight is 222 g/mol. The summed E-state index contributed by atoms with van der Waals surface area (Å²) in [6, 6.07) is -0.212. The molecule has 0 aromatic rings. The molecule has 6 heteroatoms. The van der Waals surface area contributed by atoms with Gasteiger partial charge in [0.2, 0.25) is 0 Å². The van der Waals surface area contributed by atoms with E-state index in [1.807, 2.05) is 13.8 Å². The molecular weight excluding hydrogens is 204 g/mol. The molecule has 0 fully saturated rings. The molecule has 0 saturated heterocycles. The van der Waals surface area contributed by atoms with E-state index in [9.17, 15) is 13.2 Å². The van der Waals surface area contributed by atoms with Gasteiger partial charge in [-0.25, -0.2) is 13.2 Å². The maximum Gasteiger partial charge on any atom is 0.315 e. The zero-order chi connectivity index (χ0) is 11.2. The Kier molecular flexibility index (Phi) is 5.52. The standard InChI is InChI=1S/C8H18N2O3S/c1-4-7(2)10-8(11)9-5-6-14(3,12)13/h7H,4-6H2,1-3H3,(H2,9,10,11)/t7-/m0/s1. The Morgan fingerprint density at radius 3 is 2.43 bits per heavy atom. The molecule has 84 valence electrons. The maximum atomic E-state index is 11.1. The zero-order valence-corrected chi connectivity index (χ0v) is 9.65. The molecule has 0 bridgehead atoms. The van der Waals surface area contributed by atoms with Crippen molar-refractivity contribution in [1.29, 1.82) is 0 Å². The lowest BCUT2D eigenvalue weighted by molar-refractivity contribution is 0.238. The number of urea groups is 1. The van der Waals surface area contributed by atoms with Crippen molar-refractivity contribution in [2.75, 3.05) is 18.6 Å². The predicted molar refractivity (Wildman–Crippen MR) is 56.0 cm³/mol. The Labute approximate surface area is 85.2 Å². The van der Waals surface area contributed by atoms with Crippen molar-refractivity contribution in [3.63, 3.8) is 0 Å². The van der Waals surface area contributed by atoms with Gasteiger partial charge in [-0.15, -0.1) is 0 Å². The van der Waals surface area contributed by atoms with Crippen molar-refractivity contribution in [3.8, 4) is 0 Å². The van der Waals surface area contributed by atoms with E-state index in [4.69, 9.17) is 0 Å². The molecule has 0 unspecified atom stereocenters. The smallest absolute Gasteiger partial charge is 0.315 e. The molecule has 0 aliphatic rings. The van der Waals surface area contributed by atoms with Crippen molar-refractivity contribution < 1.29 is 13.2 Å². The summed E-state index contributed by atoms with van der Waals surface area (Å²) >= 11 is 0. The Morgan fingerprint density at radius 1 is 1.43 bits per heavy atom. The highest BCUT2D eigenvalue weighted by Crippen LogP contribution is 1.86. The highest BCUT2D eigenvalue weighted by molar-refractivity contribution is 7.90. The summed E-state index contributed by atoms with van der Waals surface area (Å²) in [6.45, 7) is 4.00. The first-order chi connectivity index (χ1) is 6.35. The van der Waals surface area contributed by atoms with Gasteiger partial charge in [-0.2, -0.15) is 0 Å². The predicted octanol–water partition coefficient (Wildman–Crippen LogP) is 0.129. The monoisotopic (exact) mass is 222 g/mol. The lowest BCUT2D eigenvalue weighted by Crippen LogP contribution is -2.42. The van der Waals surface area contributed by atoms with E-state index < -0.39 is 9.84 Å². The molecule has 0 aromatic heterocycles. The van der Waals surface area contributed by atoms with Gasteiger partial charge in [0.05, 0.1) is 5.75 Å². The minimum absolute atomic E-state index is 0.0269. The number of hydrogen-bond donors (Lipinski definition) is 2. The summed E-state index contributed by atoms with van der Waals surface area (Å²) in [5, 5.41) is 5.15. The quantitative estimate of drug-likeness (QED) is 0.694. The topological polar surface area (TPSA) is 75.3 Å². The molecular formula is C8H18N2O3S. The molecule has 0 aliphatic carbocycles. The van der Waals surface area contributed by atoms with Crippen molar-refractivity contribution in [1.82, 2.24) is 10.6 Å². The molecule has 0 aliphatic heterocycles. The summed E-state index contributed by atoms with van der Waals surface area (Å²) in [5.41, 5.74) is 0. The zero-order valence-electron chi connectivity index (χ0n) is 8.83. The van der Waals surface area contributed by atoms with Crippen LogP contribution in [0.4, 0.5) is 4.79 Å². The highest BCUT2D eigenvalue weighted by Gasteiger charge is 2.06. The van der Waals surface area contributed by atoms with Crippen LogP contribution in [0.5, 0.6) is 0 Å². The Balaban J connectivity index is 3.65. The van der Waals surface area contributed by atoms with E-state index >= 15 is 0 Å². The van der Waals surface area contributed by atoms with Crippen LogP contribution >= 0.6 is 0 Å². The lowest BCUT2D eigenvalue weighted by Gasteiger charge is -2.11. The number of hydrogen-bond acceptors (Lipinski definition) is 3. The van der Waals surface area contributed by atoms with Crippen LogP contribution in [-0.2, 0) is 9.84 Å². The first-order valence-electron chi connectivity index (χ1n) is 4.57. The average Bonchev–Trinajstić information content (AvgIpc) is 2.01. The fraction of sp³-hybridized carbons (Fsp3) is 0.875. The number of carbonyl (C=O) groups excluding carboxylic acids is 1. The van der Waals surface area contributed by atoms with Gasteiger partial charge >= 0.3 is 6.03 Å². The van der Waals surface area contributed by atoms with Gasteiger partial charge in [0, 0.05) is 18.8 Å². The summed E-state index contributed by atoms with van der Waals surface area (Å²) < 4.78 is 21.4. The molecule has 0 aromatic carbocycles. The second-order valence-electron chi connectivity index (χ2n) is 3.34. The number of rotatable bonds is 5. The Bertz CT molecular complexity index is 274. The van der Waals surface area contributed by atoms with E-state index in [-0.39, 0.29) is 24.4 Å². The second-order valence-corrected chi connectivity index (χ2v) is 5.60. The summed E-state index contributed by atoms with van der Waals surface area (Å²) in [6.07, 6.45) is 1.99. The van der Waals surface area contributed by atoms with Gasteiger partial charge in [-0.05, 0) is 13.3 Å². The van der Waals surface area contributed by atoms with Crippen molar-refractivity contribution in [3.05, 3.63) is 0 Å². The van der Waals surface area contributed by atoms with Gasteiger partial charge in [-0.1, -0.05) is 6.92 Å². The van der Waals surface area contributed by atoms with Crippen LogP contribution in [0.15, 0.2) is 0 Å². The van der Waals surface area contributed by atoms with E-state index in [0.717, 1.165) is 12.7 Å². The van der Waals surface area contributed by atoms with Crippen LogP contribution in [0.3, 0.4) is 0 Å². The first-order valence-corrected chi connectivity index (χ1v) is 6.63. The van der Waals surface area contributed by atoms with E-state index in [1.54, 1.807) is 0 Å². The molecule has 0 radical (unpaired) electrons. The highest BCUT2D eigenvalue weighted by atomic mass is 32.2. The molecule has 2 amide bonds. The number of nitrogens with one attached hydrogen (secondary N) is 2. The Hall–Kier alpha value is -0.780. The number of carbonyl (C=O) groups is 1. The molecule has 14 heavy (non-hydrogen) atoms. The third kappa shape index (κ3) is 7.85. The second kappa shape index (κ2) is 5.85. The normalized spacial score (nSPS) is 13.4. The van der Waals surface area contributed by atoms with E-state index in [2.05, 4.69) is 10.6 Å².